The van der Waals surface area contributed by atoms with Crippen molar-refractivity contribution < 1.29 is 19.1 Å². The summed E-state index contributed by atoms with van der Waals surface area (Å²) in [5.41, 5.74) is 6.87. The van der Waals surface area contributed by atoms with E-state index in [1.807, 2.05) is 12.1 Å². The van der Waals surface area contributed by atoms with Gasteiger partial charge in [-0.2, -0.15) is 5.10 Å². The molecule has 0 radical (unpaired) electrons. The number of aliphatic carboxylic acids is 1. The van der Waals surface area contributed by atoms with Gasteiger partial charge in [0.1, 0.15) is 5.82 Å². The first-order valence-electron chi connectivity index (χ1n) is 7.39. The van der Waals surface area contributed by atoms with Crippen molar-refractivity contribution >= 4 is 34.2 Å². The van der Waals surface area contributed by atoms with E-state index in [1.165, 1.54) is 6.07 Å². The maximum atomic E-state index is 14.0. The Hall–Kier alpha value is -3.42. The zero-order valence-corrected chi connectivity index (χ0v) is 13.3. The zero-order chi connectivity index (χ0) is 18.1. The Bertz CT molecular complexity index is 997. The van der Waals surface area contributed by atoms with Gasteiger partial charge in [-0.25, -0.2) is 4.39 Å². The molecule has 2 aromatic carbocycles. The quantitative estimate of drug-likeness (QED) is 0.630. The van der Waals surface area contributed by atoms with E-state index in [0.29, 0.717) is 5.39 Å². The largest absolute Gasteiger partial charge is 0.481 e. The summed E-state index contributed by atoms with van der Waals surface area (Å²) in [6.45, 7) is 0. The lowest BCUT2D eigenvalue weighted by atomic mass is 10.1. The molecule has 1 aromatic heterocycles. The van der Waals surface area contributed by atoms with Crippen molar-refractivity contribution in [1.29, 1.82) is 0 Å². The molecule has 0 atom stereocenters. The van der Waals surface area contributed by atoms with Gasteiger partial charge in [0, 0.05) is 18.0 Å². The minimum atomic E-state index is -1.17. The molecule has 1 heterocycles. The van der Waals surface area contributed by atoms with Crippen LogP contribution in [0.25, 0.3) is 10.9 Å². The molecule has 0 spiro atoms. The van der Waals surface area contributed by atoms with Crippen molar-refractivity contribution in [1.82, 2.24) is 9.78 Å². The molecule has 3 aromatic rings. The van der Waals surface area contributed by atoms with Gasteiger partial charge >= 0.3 is 5.97 Å². The third kappa shape index (κ3) is 3.14. The van der Waals surface area contributed by atoms with E-state index in [2.05, 4.69) is 10.4 Å². The number of aryl methyl sites for hydroxylation is 1. The normalized spacial score (nSPS) is 10.8. The number of fused-ring (bicyclic) bond motifs is 1. The summed E-state index contributed by atoms with van der Waals surface area (Å²) in [7, 11) is 1.72. The average Bonchev–Trinajstić information content (AvgIpc) is 2.89. The fourth-order valence-electron chi connectivity index (χ4n) is 2.61. The van der Waals surface area contributed by atoms with Crippen LogP contribution in [0.15, 0.2) is 36.4 Å². The summed E-state index contributed by atoms with van der Waals surface area (Å²) in [5, 5.41) is 16.1. The molecule has 0 bridgehead atoms. The lowest BCUT2D eigenvalue weighted by molar-refractivity contribution is -0.136. The second kappa shape index (κ2) is 6.23. The molecule has 0 aliphatic rings. The topological polar surface area (TPSA) is 110 Å². The predicted octanol–water partition coefficient (Wildman–Crippen LogP) is 2.17. The number of carboxylic acids is 1. The van der Waals surface area contributed by atoms with Crippen LogP contribution in [0.3, 0.4) is 0 Å². The number of hydrogen-bond donors (Lipinski definition) is 3. The van der Waals surface area contributed by atoms with Crippen LogP contribution in [0.2, 0.25) is 0 Å². The maximum absolute atomic E-state index is 14.0. The van der Waals surface area contributed by atoms with Gasteiger partial charge in [0.05, 0.1) is 23.3 Å². The van der Waals surface area contributed by atoms with Crippen molar-refractivity contribution in [2.75, 3.05) is 11.1 Å². The Morgan fingerprint density at radius 3 is 2.76 bits per heavy atom. The molecule has 0 aliphatic carbocycles. The highest BCUT2D eigenvalue weighted by atomic mass is 19.1. The van der Waals surface area contributed by atoms with Gasteiger partial charge in [0.2, 0.25) is 0 Å². The van der Waals surface area contributed by atoms with E-state index >= 15 is 0 Å². The fraction of sp³-hybridized carbons (Fsp3) is 0.118. The lowest BCUT2D eigenvalue weighted by Gasteiger charge is -2.10. The van der Waals surface area contributed by atoms with E-state index in [4.69, 9.17) is 10.8 Å². The number of amides is 1. The zero-order valence-electron chi connectivity index (χ0n) is 13.3. The number of carboxylic acid groups (broad SMARTS) is 1. The molecule has 0 saturated heterocycles. The maximum Gasteiger partial charge on any atom is 0.307 e. The molecule has 8 heteroatoms. The molecule has 0 unspecified atom stereocenters. The van der Waals surface area contributed by atoms with E-state index in [9.17, 15) is 14.0 Å². The van der Waals surface area contributed by atoms with Crippen molar-refractivity contribution in [2.45, 2.75) is 6.42 Å². The van der Waals surface area contributed by atoms with Crippen LogP contribution in [0.1, 0.15) is 16.1 Å². The minimum absolute atomic E-state index is 0.0497. The van der Waals surface area contributed by atoms with Crippen LogP contribution in [0.5, 0.6) is 0 Å². The van der Waals surface area contributed by atoms with Crippen LogP contribution in [-0.4, -0.2) is 26.8 Å². The number of nitrogens with zero attached hydrogens (tertiary/aromatic N) is 2. The van der Waals surface area contributed by atoms with Crippen molar-refractivity contribution in [3.05, 3.63) is 53.5 Å². The number of carbonyl (C=O) groups is 2. The molecule has 1 amide bonds. The van der Waals surface area contributed by atoms with Crippen molar-refractivity contribution in [3.8, 4) is 0 Å². The minimum Gasteiger partial charge on any atom is -0.481 e. The van der Waals surface area contributed by atoms with Crippen molar-refractivity contribution in [3.63, 3.8) is 0 Å². The molecule has 3 rings (SSSR count). The Kier molecular flexibility index (Phi) is 4.10. The number of nitrogen functional groups attached to an aromatic ring is 1. The molecule has 0 saturated carbocycles. The van der Waals surface area contributed by atoms with Crippen LogP contribution in [0.4, 0.5) is 15.8 Å². The van der Waals surface area contributed by atoms with E-state index < -0.39 is 24.1 Å². The Labute approximate surface area is 141 Å². The summed E-state index contributed by atoms with van der Waals surface area (Å²) >= 11 is 0. The van der Waals surface area contributed by atoms with Gasteiger partial charge in [-0.05, 0) is 18.2 Å². The van der Waals surface area contributed by atoms with Gasteiger partial charge in [-0.3, -0.25) is 14.3 Å². The number of nitrogens with two attached hydrogens (primary N) is 1. The first kappa shape index (κ1) is 16.4. The number of aromatic nitrogens is 2. The van der Waals surface area contributed by atoms with Gasteiger partial charge in [0.25, 0.3) is 5.91 Å². The van der Waals surface area contributed by atoms with Crippen LogP contribution in [-0.2, 0) is 18.3 Å². The van der Waals surface area contributed by atoms with E-state index in [0.717, 1.165) is 11.6 Å². The number of anilines is 2. The molecule has 0 fully saturated rings. The Morgan fingerprint density at radius 2 is 2.04 bits per heavy atom. The van der Waals surface area contributed by atoms with Crippen LogP contribution >= 0.6 is 0 Å². The first-order chi connectivity index (χ1) is 11.9. The van der Waals surface area contributed by atoms with Gasteiger partial charge in [0.15, 0.2) is 5.69 Å². The van der Waals surface area contributed by atoms with E-state index in [1.54, 1.807) is 23.9 Å². The lowest BCUT2D eigenvalue weighted by Crippen LogP contribution is -2.15. The highest BCUT2D eigenvalue weighted by Gasteiger charge is 2.18. The molecule has 7 nitrogen and oxygen atoms in total. The summed E-state index contributed by atoms with van der Waals surface area (Å²) in [6, 6.07) is 9.42. The summed E-state index contributed by atoms with van der Waals surface area (Å²) in [6.07, 6.45) is -0.491. The van der Waals surface area contributed by atoms with Gasteiger partial charge in [-0.15, -0.1) is 0 Å². The molecule has 0 aliphatic heterocycles. The fourth-order valence-corrected chi connectivity index (χ4v) is 2.61. The highest BCUT2D eigenvalue weighted by molar-refractivity contribution is 6.12. The molecule has 4 N–H and O–H groups in total. The standard InChI is InChI=1S/C17H15FN4O3/c1-22-14-5-3-2-4-10(14)16(21-22)17(25)20-13-8-11(18)9(6-12(13)19)7-15(23)24/h2-6,8H,7,19H2,1H3,(H,20,25)(H,23,24). The number of hydrogen-bond acceptors (Lipinski definition) is 4. The molecule has 25 heavy (non-hydrogen) atoms. The number of carbonyl (C=O) groups excluding carboxylic acids is 1. The van der Waals surface area contributed by atoms with Crippen LogP contribution in [0, 0.1) is 5.82 Å². The molecule has 128 valence electrons. The smallest absolute Gasteiger partial charge is 0.307 e. The number of nitrogens with one attached hydrogen (secondary N) is 1. The Morgan fingerprint density at radius 1 is 1.32 bits per heavy atom. The van der Waals surface area contributed by atoms with E-state index in [-0.39, 0.29) is 22.6 Å². The number of halogens is 1. The number of benzene rings is 2. The summed E-state index contributed by atoms with van der Waals surface area (Å²) in [5.74, 6) is -2.46. The highest BCUT2D eigenvalue weighted by Crippen LogP contribution is 2.25. The Balaban J connectivity index is 1.93. The molecular formula is C17H15FN4O3. The third-order valence-electron chi connectivity index (χ3n) is 3.78. The summed E-state index contributed by atoms with van der Waals surface area (Å²) < 4.78 is 15.6. The average molecular weight is 342 g/mol. The SMILES string of the molecule is Cn1nc(C(=O)Nc2cc(F)c(CC(=O)O)cc2N)c2ccccc21. The molecular weight excluding hydrogens is 327 g/mol. The summed E-state index contributed by atoms with van der Waals surface area (Å²) in [4.78, 5) is 23.2. The van der Waals surface area contributed by atoms with Crippen molar-refractivity contribution in [2.24, 2.45) is 7.05 Å². The second-order valence-electron chi connectivity index (χ2n) is 5.54. The van der Waals surface area contributed by atoms with Gasteiger partial charge < -0.3 is 16.2 Å². The number of rotatable bonds is 4. The second-order valence-corrected chi connectivity index (χ2v) is 5.54. The first-order valence-corrected chi connectivity index (χ1v) is 7.39. The monoisotopic (exact) mass is 342 g/mol. The van der Waals surface area contributed by atoms with Gasteiger partial charge in [-0.1, -0.05) is 18.2 Å². The predicted molar refractivity (Wildman–Crippen MR) is 90.8 cm³/mol. The van der Waals surface area contributed by atoms with Crippen LogP contribution < -0.4 is 11.1 Å². The third-order valence-corrected chi connectivity index (χ3v) is 3.78. The number of para-hydroxylation sites is 1.